The average Bonchev–Trinajstić information content (AvgIpc) is 2.89. The van der Waals surface area contributed by atoms with E-state index in [1.54, 1.807) is 34.9 Å². The molecule has 0 bridgehead atoms. The summed E-state index contributed by atoms with van der Waals surface area (Å²) >= 11 is 0. The Morgan fingerprint density at radius 3 is 2.48 bits per heavy atom. The lowest BCUT2D eigenvalue weighted by atomic mass is 10.2. The summed E-state index contributed by atoms with van der Waals surface area (Å²) in [5, 5.41) is 6.17. The number of carbonyl (C=O) groups excluding carboxylic acids is 1. The molecule has 7 nitrogen and oxygen atoms in total. The number of carbonyl (C=O) groups is 1. The fraction of sp³-hybridized carbons (Fsp3) is 0.875. The van der Waals surface area contributed by atoms with Gasteiger partial charge in [0.25, 0.3) is 0 Å². The van der Waals surface area contributed by atoms with E-state index in [9.17, 15) is 18.0 Å². The first kappa shape index (κ1) is 26.0. The number of aliphatic imine (C=N–C) groups is 1. The first-order valence-corrected chi connectivity index (χ1v) is 8.60. The number of guanidine groups is 1. The van der Waals surface area contributed by atoms with Crippen molar-refractivity contribution >= 4 is 36.0 Å². The van der Waals surface area contributed by atoms with Gasteiger partial charge in [-0.3, -0.25) is 9.89 Å². The van der Waals surface area contributed by atoms with Crippen molar-refractivity contribution in [1.29, 1.82) is 0 Å². The smallest absolute Gasteiger partial charge is 0.410 e. The molecule has 1 aliphatic rings. The number of rotatable bonds is 5. The monoisotopic (exact) mass is 509 g/mol. The van der Waals surface area contributed by atoms with E-state index in [4.69, 9.17) is 4.74 Å². The number of amides is 1. The van der Waals surface area contributed by atoms with Crippen LogP contribution in [0.25, 0.3) is 0 Å². The number of nitrogens with one attached hydrogen (secondary N) is 2. The molecule has 1 atom stereocenters. The minimum Gasteiger partial charge on any atom is -0.444 e. The number of hydrogen-bond donors (Lipinski definition) is 2. The van der Waals surface area contributed by atoms with Gasteiger partial charge in [0.05, 0.1) is 6.54 Å². The maximum atomic E-state index is 12.4. The van der Waals surface area contributed by atoms with Gasteiger partial charge in [-0.2, -0.15) is 13.2 Å². The van der Waals surface area contributed by atoms with E-state index >= 15 is 0 Å². The summed E-state index contributed by atoms with van der Waals surface area (Å²) in [5.41, 5.74) is -0.554. The number of halogens is 4. The van der Waals surface area contributed by atoms with E-state index < -0.39 is 24.4 Å². The average molecular weight is 509 g/mol. The summed E-state index contributed by atoms with van der Waals surface area (Å²) in [6.45, 7) is 6.06. The second-order valence-electron chi connectivity index (χ2n) is 7.38. The zero-order chi connectivity index (χ0) is 20.0. The second-order valence-corrected chi connectivity index (χ2v) is 7.38. The number of likely N-dealkylation sites (tertiary alicyclic amines) is 1. The van der Waals surface area contributed by atoms with Gasteiger partial charge in [0.15, 0.2) is 5.96 Å². The summed E-state index contributed by atoms with van der Waals surface area (Å²) in [6.07, 6.45) is -3.98. The molecule has 0 aromatic heterocycles. The Morgan fingerprint density at radius 1 is 1.33 bits per heavy atom. The summed E-state index contributed by atoms with van der Waals surface area (Å²) in [6, 6.07) is -0.0906. The third-order valence-corrected chi connectivity index (χ3v) is 3.68. The maximum absolute atomic E-state index is 12.4. The highest BCUT2D eigenvalue weighted by Crippen LogP contribution is 2.19. The summed E-state index contributed by atoms with van der Waals surface area (Å²) < 4.78 is 42.6. The molecule has 0 aromatic carbocycles. The fourth-order valence-electron chi connectivity index (χ4n) is 2.51. The Bertz CT molecular complexity index is 497. The first-order valence-electron chi connectivity index (χ1n) is 8.60. The van der Waals surface area contributed by atoms with Crippen LogP contribution in [0.4, 0.5) is 18.0 Å². The lowest BCUT2D eigenvalue weighted by Crippen LogP contribution is -2.47. The Labute approximate surface area is 176 Å². The van der Waals surface area contributed by atoms with Crippen molar-refractivity contribution in [3.63, 3.8) is 0 Å². The molecule has 1 rings (SSSR count). The molecule has 27 heavy (non-hydrogen) atoms. The molecular formula is C16H31F3IN5O2. The second kappa shape index (κ2) is 11.1. The van der Waals surface area contributed by atoms with E-state index in [0.717, 1.165) is 0 Å². The molecule has 0 saturated carbocycles. The minimum atomic E-state index is -4.18. The third kappa shape index (κ3) is 11.5. The van der Waals surface area contributed by atoms with Crippen molar-refractivity contribution in [1.82, 2.24) is 20.4 Å². The van der Waals surface area contributed by atoms with Crippen LogP contribution in [0.3, 0.4) is 0 Å². The number of hydrogen-bond acceptors (Lipinski definition) is 4. The van der Waals surface area contributed by atoms with Gasteiger partial charge in [0, 0.05) is 46.3 Å². The van der Waals surface area contributed by atoms with Crippen LogP contribution in [0.2, 0.25) is 0 Å². The van der Waals surface area contributed by atoms with Crippen molar-refractivity contribution in [2.75, 3.05) is 46.8 Å². The van der Waals surface area contributed by atoms with Crippen LogP contribution >= 0.6 is 24.0 Å². The Kier molecular flexibility index (Phi) is 10.7. The van der Waals surface area contributed by atoms with Gasteiger partial charge in [0.1, 0.15) is 5.60 Å². The highest BCUT2D eigenvalue weighted by Gasteiger charge is 2.34. The Balaban J connectivity index is 0.00000676. The van der Waals surface area contributed by atoms with Gasteiger partial charge in [-0.15, -0.1) is 24.0 Å². The molecule has 1 amide bonds. The zero-order valence-corrected chi connectivity index (χ0v) is 18.9. The Hall–Kier alpha value is -0.980. The largest absolute Gasteiger partial charge is 0.444 e. The molecule has 0 aromatic rings. The molecule has 0 radical (unpaired) electrons. The lowest BCUT2D eigenvalue weighted by Gasteiger charge is -2.25. The standard InChI is InChI=1S/C16H30F3N5O2.HI/c1-15(2,3)26-14(25)23(5)9-7-21-13(20-4)22-12-6-8-24(10-12)11-16(17,18)19;/h12H,6-11H2,1-5H3,(H2,20,21,22);1H. The fourth-order valence-corrected chi connectivity index (χ4v) is 2.51. The number of likely N-dealkylation sites (N-methyl/N-ethyl adjacent to an activating group) is 1. The van der Waals surface area contributed by atoms with Crippen LogP contribution in [0.15, 0.2) is 4.99 Å². The minimum absolute atomic E-state index is 0. The van der Waals surface area contributed by atoms with Gasteiger partial charge < -0.3 is 20.3 Å². The summed E-state index contributed by atoms with van der Waals surface area (Å²) in [7, 11) is 3.23. The van der Waals surface area contributed by atoms with Crippen molar-refractivity contribution in [3.8, 4) is 0 Å². The Morgan fingerprint density at radius 2 is 1.96 bits per heavy atom. The first-order chi connectivity index (χ1) is 11.9. The predicted molar refractivity (Wildman–Crippen MR) is 110 cm³/mol. The van der Waals surface area contributed by atoms with Crippen LogP contribution in [0.5, 0.6) is 0 Å². The van der Waals surface area contributed by atoms with Crippen molar-refractivity contribution in [3.05, 3.63) is 0 Å². The molecule has 2 N–H and O–H groups in total. The lowest BCUT2D eigenvalue weighted by molar-refractivity contribution is -0.143. The maximum Gasteiger partial charge on any atom is 0.410 e. The SMILES string of the molecule is CN=C(NCCN(C)C(=O)OC(C)(C)C)NC1CCN(CC(F)(F)F)C1.I. The van der Waals surface area contributed by atoms with E-state index in [2.05, 4.69) is 15.6 Å². The molecule has 160 valence electrons. The molecule has 1 saturated heterocycles. The quantitative estimate of drug-likeness (QED) is 0.338. The van der Waals surface area contributed by atoms with Crippen LogP contribution < -0.4 is 10.6 Å². The van der Waals surface area contributed by atoms with E-state index in [1.165, 1.54) is 9.80 Å². The molecular weight excluding hydrogens is 478 g/mol. The molecule has 11 heteroatoms. The summed E-state index contributed by atoms with van der Waals surface area (Å²) in [5.74, 6) is 0.501. The van der Waals surface area contributed by atoms with Crippen LogP contribution in [0, 0.1) is 0 Å². The number of alkyl halides is 3. The molecule has 0 aliphatic carbocycles. The molecule has 0 spiro atoms. The van der Waals surface area contributed by atoms with E-state index in [1.807, 2.05) is 0 Å². The zero-order valence-electron chi connectivity index (χ0n) is 16.5. The van der Waals surface area contributed by atoms with E-state index in [-0.39, 0.29) is 30.0 Å². The third-order valence-electron chi connectivity index (χ3n) is 3.68. The van der Waals surface area contributed by atoms with Gasteiger partial charge in [-0.1, -0.05) is 0 Å². The molecule has 1 unspecified atom stereocenters. The van der Waals surface area contributed by atoms with E-state index in [0.29, 0.717) is 38.6 Å². The number of ether oxygens (including phenoxy) is 1. The normalized spacial score (nSPS) is 18.7. The van der Waals surface area contributed by atoms with Crippen LogP contribution in [-0.2, 0) is 4.74 Å². The van der Waals surface area contributed by atoms with Gasteiger partial charge in [-0.05, 0) is 27.2 Å². The van der Waals surface area contributed by atoms with Crippen molar-refractivity contribution in [2.24, 2.45) is 4.99 Å². The van der Waals surface area contributed by atoms with Gasteiger partial charge in [-0.25, -0.2) is 4.79 Å². The molecule has 1 fully saturated rings. The van der Waals surface area contributed by atoms with Crippen molar-refractivity contribution < 1.29 is 22.7 Å². The van der Waals surface area contributed by atoms with Gasteiger partial charge in [0.2, 0.25) is 0 Å². The van der Waals surface area contributed by atoms with Crippen LogP contribution in [-0.4, -0.2) is 86.5 Å². The molecule has 1 aliphatic heterocycles. The van der Waals surface area contributed by atoms with Crippen molar-refractivity contribution in [2.45, 2.75) is 45.0 Å². The topological polar surface area (TPSA) is 69.2 Å². The predicted octanol–water partition coefficient (Wildman–Crippen LogP) is 2.27. The summed E-state index contributed by atoms with van der Waals surface area (Å²) in [4.78, 5) is 18.8. The van der Waals surface area contributed by atoms with Crippen LogP contribution in [0.1, 0.15) is 27.2 Å². The highest BCUT2D eigenvalue weighted by atomic mass is 127. The molecule has 1 heterocycles. The van der Waals surface area contributed by atoms with Gasteiger partial charge >= 0.3 is 12.3 Å². The highest BCUT2D eigenvalue weighted by molar-refractivity contribution is 14.0. The number of nitrogens with zero attached hydrogens (tertiary/aromatic N) is 3.